The molecule has 0 spiro atoms. The Hall–Kier alpha value is -1.33. The van der Waals surface area contributed by atoms with Gasteiger partial charge in [0.2, 0.25) is 0 Å². The van der Waals surface area contributed by atoms with Gasteiger partial charge in [0.05, 0.1) is 10.7 Å². The largest absolute Gasteiger partial charge is 0.266 e. The van der Waals surface area contributed by atoms with E-state index < -0.39 is 0 Å². The number of hydrogen-bond donors (Lipinski definition) is 0. The molecule has 3 rings (SSSR count). The molecule has 0 N–H and O–H groups in total. The van der Waals surface area contributed by atoms with Crippen molar-refractivity contribution in [2.24, 2.45) is 7.05 Å². The van der Waals surface area contributed by atoms with Gasteiger partial charge in [-0.15, -0.1) is 0 Å². The molecule has 0 aliphatic rings. The number of benzene rings is 2. The molecule has 2 nitrogen and oxygen atoms in total. The Labute approximate surface area is 136 Å². The lowest BCUT2D eigenvalue weighted by Crippen LogP contribution is -1.93. The van der Waals surface area contributed by atoms with E-state index in [2.05, 4.69) is 39.8 Å². The molecule has 20 heavy (non-hydrogen) atoms. The van der Waals surface area contributed by atoms with E-state index in [0.29, 0.717) is 5.02 Å². The first-order valence-electron chi connectivity index (χ1n) is 6.20. The first-order valence-corrected chi connectivity index (χ1v) is 7.66. The SMILES string of the molecule is Cn1nc(-c2cccc(I)c2)c(Cl)c1-c1ccccc1. The van der Waals surface area contributed by atoms with Crippen LogP contribution < -0.4 is 0 Å². The highest BCUT2D eigenvalue weighted by Gasteiger charge is 2.17. The highest BCUT2D eigenvalue weighted by molar-refractivity contribution is 14.1. The molecule has 0 saturated carbocycles. The van der Waals surface area contributed by atoms with Crippen molar-refractivity contribution in [1.82, 2.24) is 9.78 Å². The zero-order chi connectivity index (χ0) is 14.1. The van der Waals surface area contributed by atoms with E-state index in [4.69, 9.17) is 11.6 Å². The number of halogens is 2. The molecule has 0 bridgehead atoms. The zero-order valence-corrected chi connectivity index (χ0v) is 13.8. The summed E-state index contributed by atoms with van der Waals surface area (Å²) in [6, 6.07) is 18.3. The molecular weight excluding hydrogens is 383 g/mol. The van der Waals surface area contributed by atoms with E-state index in [1.165, 1.54) is 3.57 Å². The average molecular weight is 395 g/mol. The van der Waals surface area contributed by atoms with Crippen molar-refractivity contribution in [3.8, 4) is 22.5 Å². The molecule has 0 aliphatic heterocycles. The van der Waals surface area contributed by atoms with E-state index in [1.807, 2.05) is 54.2 Å². The summed E-state index contributed by atoms with van der Waals surface area (Å²) in [5.41, 5.74) is 3.89. The van der Waals surface area contributed by atoms with E-state index in [-0.39, 0.29) is 0 Å². The Kier molecular flexibility index (Phi) is 3.81. The Balaban J connectivity index is 2.17. The Bertz CT molecular complexity index is 750. The first-order chi connectivity index (χ1) is 9.66. The van der Waals surface area contributed by atoms with Gasteiger partial charge in [-0.2, -0.15) is 5.10 Å². The number of aryl methyl sites for hydroxylation is 1. The van der Waals surface area contributed by atoms with Crippen molar-refractivity contribution in [2.45, 2.75) is 0 Å². The average Bonchev–Trinajstić information content (AvgIpc) is 2.75. The maximum absolute atomic E-state index is 6.57. The van der Waals surface area contributed by atoms with Crippen LogP contribution in [0.4, 0.5) is 0 Å². The lowest BCUT2D eigenvalue weighted by molar-refractivity contribution is 0.779. The second-order valence-corrected chi connectivity index (χ2v) is 6.13. The van der Waals surface area contributed by atoms with Gasteiger partial charge in [0, 0.05) is 21.7 Å². The monoisotopic (exact) mass is 394 g/mol. The summed E-state index contributed by atoms with van der Waals surface area (Å²) in [6.07, 6.45) is 0. The van der Waals surface area contributed by atoms with Crippen LogP contribution in [-0.2, 0) is 7.05 Å². The maximum Gasteiger partial charge on any atom is 0.112 e. The van der Waals surface area contributed by atoms with Gasteiger partial charge in [-0.1, -0.05) is 54.1 Å². The van der Waals surface area contributed by atoms with Crippen LogP contribution in [0.5, 0.6) is 0 Å². The summed E-state index contributed by atoms with van der Waals surface area (Å²) < 4.78 is 3.01. The molecule has 0 aliphatic carbocycles. The smallest absolute Gasteiger partial charge is 0.112 e. The third-order valence-electron chi connectivity index (χ3n) is 3.13. The number of nitrogens with zero attached hydrogens (tertiary/aromatic N) is 2. The molecule has 1 heterocycles. The highest BCUT2D eigenvalue weighted by atomic mass is 127. The Morgan fingerprint density at radius 3 is 2.40 bits per heavy atom. The molecule has 0 unspecified atom stereocenters. The Morgan fingerprint density at radius 1 is 1.00 bits per heavy atom. The van der Waals surface area contributed by atoms with Gasteiger partial charge in [-0.3, -0.25) is 4.68 Å². The normalized spacial score (nSPS) is 10.8. The molecule has 100 valence electrons. The van der Waals surface area contributed by atoms with Gasteiger partial charge >= 0.3 is 0 Å². The van der Waals surface area contributed by atoms with Gasteiger partial charge < -0.3 is 0 Å². The molecule has 0 amide bonds. The van der Waals surface area contributed by atoms with Gasteiger partial charge in [-0.25, -0.2) is 0 Å². The molecule has 0 fully saturated rings. The Morgan fingerprint density at radius 2 is 1.70 bits per heavy atom. The summed E-state index contributed by atoms with van der Waals surface area (Å²) in [5.74, 6) is 0. The second kappa shape index (κ2) is 5.58. The van der Waals surface area contributed by atoms with Crippen molar-refractivity contribution in [3.05, 3.63) is 63.2 Å². The second-order valence-electron chi connectivity index (χ2n) is 4.51. The summed E-state index contributed by atoms with van der Waals surface area (Å²) in [5, 5.41) is 5.27. The van der Waals surface area contributed by atoms with Crippen molar-refractivity contribution >= 4 is 34.2 Å². The molecule has 3 aromatic rings. The fourth-order valence-corrected chi connectivity index (χ4v) is 3.15. The summed E-state index contributed by atoms with van der Waals surface area (Å²) in [4.78, 5) is 0. The van der Waals surface area contributed by atoms with Crippen LogP contribution in [0.2, 0.25) is 5.02 Å². The van der Waals surface area contributed by atoms with E-state index >= 15 is 0 Å². The standard InChI is InChI=1S/C16H12ClIN2/c1-20-16(11-6-3-2-4-7-11)14(17)15(19-20)12-8-5-9-13(18)10-12/h2-10H,1H3. The first kappa shape index (κ1) is 13.6. The quantitative estimate of drug-likeness (QED) is 0.559. The summed E-state index contributed by atoms with van der Waals surface area (Å²) in [6.45, 7) is 0. The van der Waals surface area contributed by atoms with E-state index in [9.17, 15) is 0 Å². The van der Waals surface area contributed by atoms with Crippen molar-refractivity contribution < 1.29 is 0 Å². The van der Waals surface area contributed by atoms with Crippen LogP contribution in [0.15, 0.2) is 54.6 Å². The molecule has 0 atom stereocenters. The number of rotatable bonds is 2. The summed E-state index contributed by atoms with van der Waals surface area (Å²) in [7, 11) is 1.92. The highest BCUT2D eigenvalue weighted by Crippen LogP contribution is 2.35. The molecule has 0 saturated heterocycles. The predicted molar refractivity (Wildman–Crippen MR) is 91.8 cm³/mol. The third-order valence-corrected chi connectivity index (χ3v) is 4.16. The lowest BCUT2D eigenvalue weighted by atomic mass is 10.1. The third kappa shape index (κ3) is 2.47. The van der Waals surface area contributed by atoms with Crippen LogP contribution in [0.3, 0.4) is 0 Å². The van der Waals surface area contributed by atoms with Crippen LogP contribution in [0.1, 0.15) is 0 Å². The van der Waals surface area contributed by atoms with Crippen LogP contribution >= 0.6 is 34.2 Å². The number of aromatic nitrogens is 2. The minimum atomic E-state index is 0.695. The van der Waals surface area contributed by atoms with Crippen molar-refractivity contribution in [2.75, 3.05) is 0 Å². The number of hydrogen-bond acceptors (Lipinski definition) is 1. The lowest BCUT2D eigenvalue weighted by Gasteiger charge is -2.02. The maximum atomic E-state index is 6.57. The molecular formula is C16H12ClIN2. The van der Waals surface area contributed by atoms with Gasteiger partial charge in [-0.05, 0) is 34.7 Å². The van der Waals surface area contributed by atoms with Crippen LogP contribution in [-0.4, -0.2) is 9.78 Å². The van der Waals surface area contributed by atoms with Crippen LogP contribution in [0.25, 0.3) is 22.5 Å². The van der Waals surface area contributed by atoms with Gasteiger partial charge in [0.15, 0.2) is 0 Å². The van der Waals surface area contributed by atoms with Gasteiger partial charge in [0.1, 0.15) is 5.69 Å². The fraction of sp³-hybridized carbons (Fsp3) is 0.0625. The fourth-order valence-electron chi connectivity index (χ4n) is 2.23. The topological polar surface area (TPSA) is 17.8 Å². The van der Waals surface area contributed by atoms with E-state index in [0.717, 1.165) is 22.5 Å². The molecule has 0 radical (unpaired) electrons. The molecule has 1 aromatic heterocycles. The minimum Gasteiger partial charge on any atom is -0.266 e. The van der Waals surface area contributed by atoms with Crippen molar-refractivity contribution in [3.63, 3.8) is 0 Å². The van der Waals surface area contributed by atoms with Crippen molar-refractivity contribution in [1.29, 1.82) is 0 Å². The summed E-state index contributed by atoms with van der Waals surface area (Å²) >= 11 is 8.86. The van der Waals surface area contributed by atoms with Crippen LogP contribution in [0, 0.1) is 3.57 Å². The minimum absolute atomic E-state index is 0.695. The van der Waals surface area contributed by atoms with Gasteiger partial charge in [0.25, 0.3) is 0 Å². The zero-order valence-electron chi connectivity index (χ0n) is 10.8. The predicted octanol–water partition coefficient (Wildman–Crippen LogP) is 5.01. The molecule has 2 aromatic carbocycles. The molecule has 4 heteroatoms. The van der Waals surface area contributed by atoms with E-state index in [1.54, 1.807) is 0 Å².